The summed E-state index contributed by atoms with van der Waals surface area (Å²) in [6.45, 7) is 15.4. The Morgan fingerprint density at radius 3 is 2.24 bits per heavy atom. The van der Waals surface area contributed by atoms with Crippen molar-refractivity contribution in [1.82, 2.24) is 0 Å². The molecule has 0 spiro atoms. The summed E-state index contributed by atoms with van der Waals surface area (Å²) in [4.78, 5) is 12.4. The third-order valence-corrected chi connectivity index (χ3v) is 4.24. The number of hydrogen-bond donors (Lipinski definition) is 0. The van der Waals surface area contributed by atoms with Crippen LogP contribution < -0.4 is 4.74 Å². The standard InChI is InChI=1S/C19H30O2/c1-8-10-21-17-11-13(5)19(15(7)14(17)6)18(12(3)4)16(20)9-2/h11-12,18H,8-10H2,1-7H3. The second kappa shape index (κ2) is 7.63. The van der Waals surface area contributed by atoms with Gasteiger partial charge in [0.2, 0.25) is 0 Å². The molecule has 0 fully saturated rings. The van der Waals surface area contributed by atoms with Gasteiger partial charge in [-0.3, -0.25) is 4.79 Å². The Labute approximate surface area is 129 Å². The van der Waals surface area contributed by atoms with Crippen molar-refractivity contribution in [2.45, 2.75) is 67.2 Å². The number of rotatable bonds is 7. The van der Waals surface area contributed by atoms with Crippen LogP contribution in [-0.2, 0) is 4.79 Å². The highest BCUT2D eigenvalue weighted by Gasteiger charge is 2.27. The van der Waals surface area contributed by atoms with E-state index in [-0.39, 0.29) is 5.92 Å². The van der Waals surface area contributed by atoms with Gasteiger partial charge in [-0.2, -0.15) is 0 Å². The van der Waals surface area contributed by atoms with Crippen molar-refractivity contribution in [2.75, 3.05) is 6.61 Å². The molecule has 1 aromatic carbocycles. The number of carbonyl (C=O) groups is 1. The molecule has 0 amide bonds. The molecule has 1 unspecified atom stereocenters. The number of hydrogen-bond acceptors (Lipinski definition) is 2. The van der Waals surface area contributed by atoms with Crippen LogP contribution in [0.3, 0.4) is 0 Å². The number of ether oxygens (including phenoxy) is 1. The molecule has 0 saturated heterocycles. The zero-order valence-electron chi connectivity index (χ0n) is 14.7. The van der Waals surface area contributed by atoms with Gasteiger partial charge in [0.15, 0.2) is 0 Å². The van der Waals surface area contributed by atoms with Crippen molar-refractivity contribution in [1.29, 1.82) is 0 Å². The highest BCUT2D eigenvalue weighted by molar-refractivity contribution is 5.86. The van der Waals surface area contributed by atoms with Gasteiger partial charge >= 0.3 is 0 Å². The van der Waals surface area contributed by atoms with E-state index in [0.29, 0.717) is 18.1 Å². The van der Waals surface area contributed by atoms with Crippen molar-refractivity contribution in [3.63, 3.8) is 0 Å². The van der Waals surface area contributed by atoms with Gasteiger partial charge in [-0.05, 0) is 61.4 Å². The average molecular weight is 290 g/mol. The minimum absolute atomic E-state index is 0.00562. The lowest BCUT2D eigenvalue weighted by molar-refractivity contribution is -0.121. The molecule has 0 aliphatic rings. The maximum absolute atomic E-state index is 12.4. The van der Waals surface area contributed by atoms with Gasteiger partial charge in [0, 0.05) is 12.3 Å². The molecule has 1 atom stereocenters. The van der Waals surface area contributed by atoms with Gasteiger partial charge in [-0.25, -0.2) is 0 Å². The van der Waals surface area contributed by atoms with Crippen LogP contribution in [0.5, 0.6) is 5.75 Å². The fourth-order valence-corrected chi connectivity index (χ4v) is 2.99. The van der Waals surface area contributed by atoms with E-state index in [4.69, 9.17) is 4.74 Å². The first-order valence-corrected chi connectivity index (χ1v) is 8.11. The van der Waals surface area contributed by atoms with Crippen molar-refractivity contribution in [3.8, 4) is 5.75 Å². The van der Waals surface area contributed by atoms with Crippen molar-refractivity contribution >= 4 is 5.78 Å². The second-order valence-corrected chi connectivity index (χ2v) is 6.25. The Kier molecular flexibility index (Phi) is 6.44. The minimum atomic E-state index is -0.00562. The summed E-state index contributed by atoms with van der Waals surface area (Å²) in [6, 6.07) is 2.10. The summed E-state index contributed by atoms with van der Waals surface area (Å²) in [5.41, 5.74) is 4.75. The first-order chi connectivity index (χ1) is 9.84. The van der Waals surface area contributed by atoms with Gasteiger partial charge in [-0.15, -0.1) is 0 Å². The molecule has 0 aliphatic carbocycles. The molecule has 2 nitrogen and oxygen atoms in total. The predicted molar refractivity (Wildman–Crippen MR) is 89.3 cm³/mol. The molecule has 0 bridgehead atoms. The Hall–Kier alpha value is -1.31. The molecule has 0 radical (unpaired) electrons. The van der Waals surface area contributed by atoms with Crippen LogP contribution in [0.4, 0.5) is 0 Å². The van der Waals surface area contributed by atoms with E-state index in [2.05, 4.69) is 47.6 Å². The van der Waals surface area contributed by atoms with Gasteiger partial charge in [0.05, 0.1) is 6.61 Å². The van der Waals surface area contributed by atoms with E-state index in [0.717, 1.165) is 18.8 Å². The Balaban J connectivity index is 3.36. The van der Waals surface area contributed by atoms with Crippen LogP contribution in [0, 0.1) is 26.7 Å². The van der Waals surface area contributed by atoms with E-state index in [9.17, 15) is 4.79 Å². The lowest BCUT2D eigenvalue weighted by Gasteiger charge is -2.26. The number of benzene rings is 1. The minimum Gasteiger partial charge on any atom is -0.493 e. The molecule has 1 aromatic rings. The van der Waals surface area contributed by atoms with Crippen molar-refractivity contribution in [3.05, 3.63) is 28.3 Å². The fourth-order valence-electron chi connectivity index (χ4n) is 2.99. The molecule has 0 aromatic heterocycles. The maximum atomic E-state index is 12.4. The summed E-state index contributed by atoms with van der Waals surface area (Å²) in [6.07, 6.45) is 1.59. The molecule has 0 aliphatic heterocycles. The zero-order valence-corrected chi connectivity index (χ0v) is 14.7. The van der Waals surface area contributed by atoms with Crippen LogP contribution in [0.25, 0.3) is 0 Å². The first-order valence-electron chi connectivity index (χ1n) is 8.11. The third-order valence-electron chi connectivity index (χ3n) is 4.24. The van der Waals surface area contributed by atoms with Crippen LogP contribution in [-0.4, -0.2) is 12.4 Å². The van der Waals surface area contributed by atoms with Gasteiger partial charge in [0.25, 0.3) is 0 Å². The van der Waals surface area contributed by atoms with Gasteiger partial charge in [0.1, 0.15) is 11.5 Å². The summed E-state index contributed by atoms with van der Waals surface area (Å²) >= 11 is 0. The largest absolute Gasteiger partial charge is 0.493 e. The molecular weight excluding hydrogens is 260 g/mol. The number of Topliss-reactive ketones (excluding diaryl/α,β-unsaturated/α-hetero) is 1. The molecule has 2 heteroatoms. The van der Waals surface area contributed by atoms with E-state index >= 15 is 0 Å². The van der Waals surface area contributed by atoms with Crippen molar-refractivity contribution < 1.29 is 9.53 Å². The first kappa shape index (κ1) is 17.7. The highest BCUT2D eigenvalue weighted by Crippen LogP contribution is 2.36. The van der Waals surface area contributed by atoms with Crippen molar-refractivity contribution in [2.24, 2.45) is 5.92 Å². The normalized spacial score (nSPS) is 12.6. The molecule has 118 valence electrons. The molecule has 21 heavy (non-hydrogen) atoms. The van der Waals surface area contributed by atoms with Gasteiger partial charge in [-0.1, -0.05) is 27.7 Å². The highest BCUT2D eigenvalue weighted by atomic mass is 16.5. The quantitative estimate of drug-likeness (QED) is 0.696. The zero-order chi connectivity index (χ0) is 16.2. The van der Waals surface area contributed by atoms with Crippen LogP contribution in [0.2, 0.25) is 0 Å². The summed E-state index contributed by atoms with van der Waals surface area (Å²) < 4.78 is 5.84. The lowest BCUT2D eigenvalue weighted by Crippen LogP contribution is -2.20. The number of carbonyl (C=O) groups excluding carboxylic acids is 1. The molecule has 0 N–H and O–H groups in total. The second-order valence-electron chi connectivity index (χ2n) is 6.25. The number of aryl methyl sites for hydroxylation is 1. The molecule has 0 saturated carbocycles. The maximum Gasteiger partial charge on any atom is 0.140 e. The Morgan fingerprint density at radius 2 is 1.76 bits per heavy atom. The summed E-state index contributed by atoms with van der Waals surface area (Å²) in [5, 5.41) is 0. The SMILES string of the molecule is CCCOc1cc(C)c(C(C(=O)CC)C(C)C)c(C)c1C. The topological polar surface area (TPSA) is 26.3 Å². The lowest BCUT2D eigenvalue weighted by atomic mass is 9.78. The molecule has 0 heterocycles. The van der Waals surface area contributed by atoms with Crippen LogP contribution in [0.1, 0.15) is 68.7 Å². The third kappa shape index (κ3) is 3.87. The van der Waals surface area contributed by atoms with E-state index < -0.39 is 0 Å². The summed E-state index contributed by atoms with van der Waals surface area (Å²) in [5.74, 6) is 1.60. The fraction of sp³-hybridized carbons (Fsp3) is 0.632. The van der Waals surface area contributed by atoms with Gasteiger partial charge < -0.3 is 4.74 Å². The number of ketones is 1. The van der Waals surface area contributed by atoms with E-state index in [1.54, 1.807) is 0 Å². The molecule has 1 rings (SSSR count). The van der Waals surface area contributed by atoms with Crippen LogP contribution in [0.15, 0.2) is 6.07 Å². The Morgan fingerprint density at radius 1 is 1.14 bits per heavy atom. The van der Waals surface area contributed by atoms with E-state index in [1.165, 1.54) is 22.3 Å². The average Bonchev–Trinajstić information content (AvgIpc) is 2.44. The molecular formula is C19H30O2. The monoisotopic (exact) mass is 290 g/mol. The predicted octanol–water partition coefficient (Wildman–Crippen LogP) is 5.12. The summed E-state index contributed by atoms with van der Waals surface area (Å²) in [7, 11) is 0. The van der Waals surface area contributed by atoms with Crippen LogP contribution >= 0.6 is 0 Å². The smallest absolute Gasteiger partial charge is 0.140 e. The van der Waals surface area contributed by atoms with E-state index in [1.807, 2.05) is 6.92 Å². The Bertz CT molecular complexity index is 501.